The first-order valence-electron chi connectivity index (χ1n) is 4.15. The van der Waals surface area contributed by atoms with Crippen molar-refractivity contribution in [2.45, 2.75) is 12.3 Å². The van der Waals surface area contributed by atoms with Crippen LogP contribution in [0.4, 0.5) is 13.2 Å². The van der Waals surface area contributed by atoms with Crippen molar-refractivity contribution in [3.05, 3.63) is 35.4 Å². The fourth-order valence-corrected chi connectivity index (χ4v) is 1.02. The molecule has 1 rings (SSSR count). The SMILES string of the molecule is N#Cc1ccc(C(=O)C(O)C(F)(F)F)cc1. The summed E-state index contributed by atoms with van der Waals surface area (Å²) in [6.45, 7) is 0. The molecule has 16 heavy (non-hydrogen) atoms. The quantitative estimate of drug-likeness (QED) is 0.784. The van der Waals surface area contributed by atoms with E-state index in [1.54, 1.807) is 6.07 Å². The van der Waals surface area contributed by atoms with Crippen LogP contribution in [-0.4, -0.2) is 23.2 Å². The number of hydrogen-bond donors (Lipinski definition) is 1. The molecule has 1 N–H and O–H groups in total. The van der Waals surface area contributed by atoms with Crippen molar-refractivity contribution in [2.75, 3.05) is 0 Å². The molecule has 0 saturated heterocycles. The lowest BCUT2D eigenvalue weighted by Gasteiger charge is -2.12. The van der Waals surface area contributed by atoms with E-state index in [4.69, 9.17) is 10.4 Å². The molecule has 0 bridgehead atoms. The third kappa shape index (κ3) is 2.58. The van der Waals surface area contributed by atoms with Crippen molar-refractivity contribution in [3.8, 4) is 6.07 Å². The van der Waals surface area contributed by atoms with Crippen molar-refractivity contribution in [2.24, 2.45) is 0 Å². The van der Waals surface area contributed by atoms with E-state index in [0.717, 1.165) is 12.1 Å². The van der Waals surface area contributed by atoms with E-state index in [1.165, 1.54) is 12.1 Å². The average molecular weight is 229 g/mol. The Hall–Kier alpha value is -1.87. The van der Waals surface area contributed by atoms with E-state index in [-0.39, 0.29) is 11.1 Å². The molecule has 0 aliphatic carbocycles. The van der Waals surface area contributed by atoms with E-state index in [9.17, 15) is 18.0 Å². The topological polar surface area (TPSA) is 61.1 Å². The normalized spacial score (nSPS) is 12.9. The second kappa shape index (κ2) is 4.33. The number of nitriles is 1. The second-order valence-electron chi connectivity index (χ2n) is 3.00. The molecule has 0 amide bonds. The maximum Gasteiger partial charge on any atom is 0.421 e. The molecule has 0 aromatic heterocycles. The van der Waals surface area contributed by atoms with Crippen LogP contribution < -0.4 is 0 Å². The number of carbonyl (C=O) groups excluding carboxylic acids is 1. The van der Waals surface area contributed by atoms with Crippen LogP contribution in [0.5, 0.6) is 0 Å². The lowest BCUT2D eigenvalue weighted by Crippen LogP contribution is -2.36. The van der Waals surface area contributed by atoms with Crippen molar-refractivity contribution < 1.29 is 23.1 Å². The van der Waals surface area contributed by atoms with Gasteiger partial charge < -0.3 is 5.11 Å². The number of halogens is 3. The Morgan fingerprint density at radius 3 is 2.19 bits per heavy atom. The minimum Gasteiger partial charge on any atom is -0.377 e. The lowest BCUT2D eigenvalue weighted by atomic mass is 10.0. The summed E-state index contributed by atoms with van der Waals surface area (Å²) in [5, 5.41) is 17.1. The summed E-state index contributed by atoms with van der Waals surface area (Å²) in [6.07, 6.45) is -8.01. The minimum atomic E-state index is -4.98. The van der Waals surface area contributed by atoms with E-state index in [1.807, 2.05) is 0 Å². The van der Waals surface area contributed by atoms with Gasteiger partial charge in [0.2, 0.25) is 11.9 Å². The van der Waals surface area contributed by atoms with Crippen LogP contribution in [-0.2, 0) is 0 Å². The van der Waals surface area contributed by atoms with Gasteiger partial charge in [-0.3, -0.25) is 4.79 Å². The molecule has 0 heterocycles. The third-order valence-corrected chi connectivity index (χ3v) is 1.86. The van der Waals surface area contributed by atoms with Crippen LogP contribution in [0.15, 0.2) is 24.3 Å². The zero-order chi connectivity index (χ0) is 12.3. The van der Waals surface area contributed by atoms with Gasteiger partial charge in [-0.15, -0.1) is 0 Å². The standard InChI is InChI=1S/C10H6F3NO2/c11-10(12,13)9(16)8(15)7-3-1-6(5-14)2-4-7/h1-4,9,16H. The van der Waals surface area contributed by atoms with Gasteiger partial charge in [0, 0.05) is 5.56 Å². The highest BCUT2D eigenvalue weighted by molar-refractivity contribution is 5.99. The van der Waals surface area contributed by atoms with Crippen molar-refractivity contribution >= 4 is 5.78 Å². The number of hydrogen-bond acceptors (Lipinski definition) is 3. The Morgan fingerprint density at radius 2 is 1.81 bits per heavy atom. The van der Waals surface area contributed by atoms with Gasteiger partial charge in [0.25, 0.3) is 0 Å². The minimum absolute atomic E-state index is 0.220. The Labute approximate surface area is 88.7 Å². The predicted octanol–water partition coefficient (Wildman–Crippen LogP) is 1.66. The van der Waals surface area contributed by atoms with Crippen LogP contribution in [0.1, 0.15) is 15.9 Å². The average Bonchev–Trinajstić information content (AvgIpc) is 2.26. The Balaban J connectivity index is 2.94. The predicted molar refractivity (Wildman–Crippen MR) is 47.5 cm³/mol. The number of carbonyl (C=O) groups is 1. The van der Waals surface area contributed by atoms with Gasteiger partial charge >= 0.3 is 6.18 Å². The number of aliphatic hydroxyl groups excluding tert-OH is 1. The Bertz CT molecular complexity index is 431. The highest BCUT2D eigenvalue weighted by Crippen LogP contribution is 2.23. The number of ketones is 1. The smallest absolute Gasteiger partial charge is 0.377 e. The maximum atomic E-state index is 12.0. The summed E-state index contributed by atoms with van der Waals surface area (Å²) in [7, 11) is 0. The zero-order valence-electron chi connectivity index (χ0n) is 7.82. The highest BCUT2D eigenvalue weighted by Gasteiger charge is 2.43. The van der Waals surface area contributed by atoms with Crippen LogP contribution in [0, 0.1) is 11.3 Å². The number of alkyl halides is 3. The van der Waals surface area contributed by atoms with Crippen LogP contribution in [0.25, 0.3) is 0 Å². The molecule has 0 aliphatic rings. The van der Waals surface area contributed by atoms with Crippen molar-refractivity contribution in [1.82, 2.24) is 0 Å². The van der Waals surface area contributed by atoms with Gasteiger partial charge in [0.15, 0.2) is 0 Å². The molecular weight excluding hydrogens is 223 g/mol. The summed E-state index contributed by atoms with van der Waals surface area (Å²) in [5.41, 5.74) is -0.0677. The Kier molecular flexibility index (Phi) is 3.30. The molecule has 0 spiro atoms. The number of rotatable bonds is 2. The third-order valence-electron chi connectivity index (χ3n) is 1.86. The molecular formula is C10H6F3NO2. The number of benzene rings is 1. The maximum absolute atomic E-state index is 12.0. The Morgan fingerprint density at radius 1 is 1.31 bits per heavy atom. The van der Waals surface area contributed by atoms with Gasteiger partial charge in [-0.05, 0) is 24.3 Å². The van der Waals surface area contributed by atoms with Crippen LogP contribution in [0.3, 0.4) is 0 Å². The molecule has 0 radical (unpaired) electrons. The molecule has 1 aromatic carbocycles. The van der Waals surface area contributed by atoms with E-state index >= 15 is 0 Å². The summed E-state index contributed by atoms with van der Waals surface area (Å²) in [6, 6.07) is 6.30. The van der Waals surface area contributed by atoms with Gasteiger partial charge in [-0.2, -0.15) is 18.4 Å². The first-order chi connectivity index (χ1) is 7.36. The molecule has 3 nitrogen and oxygen atoms in total. The summed E-state index contributed by atoms with van der Waals surface area (Å²) < 4.78 is 36.0. The van der Waals surface area contributed by atoms with Crippen LogP contribution >= 0.6 is 0 Å². The molecule has 6 heteroatoms. The second-order valence-corrected chi connectivity index (χ2v) is 3.00. The first kappa shape index (κ1) is 12.2. The van der Waals surface area contributed by atoms with Gasteiger partial charge in [0.05, 0.1) is 11.6 Å². The molecule has 1 atom stereocenters. The fraction of sp³-hybridized carbons (Fsp3) is 0.200. The summed E-state index contributed by atoms with van der Waals surface area (Å²) >= 11 is 0. The number of Topliss-reactive ketones (excluding diaryl/α,β-unsaturated/α-hetero) is 1. The highest BCUT2D eigenvalue weighted by atomic mass is 19.4. The molecule has 1 aromatic rings. The molecule has 1 unspecified atom stereocenters. The van der Waals surface area contributed by atoms with E-state index < -0.39 is 18.1 Å². The monoisotopic (exact) mass is 229 g/mol. The first-order valence-corrected chi connectivity index (χ1v) is 4.15. The zero-order valence-corrected chi connectivity index (χ0v) is 7.82. The fourth-order valence-electron chi connectivity index (χ4n) is 1.02. The molecule has 0 saturated carbocycles. The van der Waals surface area contributed by atoms with Gasteiger partial charge in [-0.25, -0.2) is 0 Å². The van der Waals surface area contributed by atoms with Gasteiger partial charge in [-0.1, -0.05) is 0 Å². The number of aliphatic hydroxyl groups is 1. The summed E-state index contributed by atoms with van der Waals surface area (Å²) in [4.78, 5) is 11.1. The van der Waals surface area contributed by atoms with E-state index in [0.29, 0.717) is 0 Å². The van der Waals surface area contributed by atoms with E-state index in [2.05, 4.69) is 0 Å². The number of nitrogens with zero attached hydrogens (tertiary/aromatic N) is 1. The lowest BCUT2D eigenvalue weighted by molar-refractivity contribution is -0.186. The van der Waals surface area contributed by atoms with Crippen LogP contribution in [0.2, 0.25) is 0 Å². The largest absolute Gasteiger partial charge is 0.421 e. The molecule has 84 valence electrons. The molecule has 0 fully saturated rings. The van der Waals surface area contributed by atoms with Crippen molar-refractivity contribution in [1.29, 1.82) is 5.26 Å². The van der Waals surface area contributed by atoms with Gasteiger partial charge in [0.1, 0.15) is 0 Å². The summed E-state index contributed by atoms with van der Waals surface area (Å²) in [5.74, 6) is -1.43. The van der Waals surface area contributed by atoms with Crippen molar-refractivity contribution in [3.63, 3.8) is 0 Å². The molecule has 0 aliphatic heterocycles.